The third-order valence-corrected chi connectivity index (χ3v) is 7.49. The van der Waals surface area contributed by atoms with Gasteiger partial charge >= 0.3 is 0 Å². The van der Waals surface area contributed by atoms with E-state index in [1.807, 2.05) is 0 Å². The van der Waals surface area contributed by atoms with Gasteiger partial charge in [-0.3, -0.25) is 4.90 Å². The molecule has 3 aliphatic heterocycles. The Bertz CT molecular complexity index is 481. The summed E-state index contributed by atoms with van der Waals surface area (Å²) in [6, 6.07) is 3.03. The lowest BCUT2D eigenvalue weighted by Gasteiger charge is -2.41. The first-order valence-corrected chi connectivity index (χ1v) is 11.6. The lowest BCUT2D eigenvalue weighted by molar-refractivity contribution is 0.105. The Kier molecular flexibility index (Phi) is 6.88. The van der Waals surface area contributed by atoms with Crippen molar-refractivity contribution in [3.63, 3.8) is 0 Å². The predicted molar refractivity (Wildman–Crippen MR) is 113 cm³/mol. The predicted octanol–water partition coefficient (Wildman–Crippen LogP) is 5.73. The molecule has 3 rings (SSSR count). The third kappa shape index (κ3) is 4.73. The molecule has 0 aromatic heterocycles. The highest BCUT2D eigenvalue weighted by Gasteiger charge is 2.39. The molecule has 2 nitrogen and oxygen atoms in total. The van der Waals surface area contributed by atoms with Crippen LogP contribution in [0, 0.1) is 17.8 Å². The van der Waals surface area contributed by atoms with E-state index in [4.69, 9.17) is 0 Å². The molecule has 26 heavy (non-hydrogen) atoms. The molecule has 5 atom stereocenters. The van der Waals surface area contributed by atoms with Crippen molar-refractivity contribution in [3.05, 3.63) is 11.6 Å². The highest BCUT2D eigenvalue weighted by Crippen LogP contribution is 2.40. The van der Waals surface area contributed by atoms with Gasteiger partial charge < -0.3 is 4.90 Å². The number of likely N-dealkylation sites (tertiary alicyclic amines) is 1. The van der Waals surface area contributed by atoms with Crippen molar-refractivity contribution in [2.24, 2.45) is 17.8 Å². The number of hydrogen-bond donors (Lipinski definition) is 0. The lowest BCUT2D eigenvalue weighted by atomic mass is 9.85. The van der Waals surface area contributed by atoms with Crippen LogP contribution < -0.4 is 0 Å². The zero-order valence-electron chi connectivity index (χ0n) is 18.4. The van der Waals surface area contributed by atoms with E-state index in [0.29, 0.717) is 0 Å². The molecule has 2 saturated heterocycles. The molecule has 3 aliphatic rings. The van der Waals surface area contributed by atoms with Crippen molar-refractivity contribution in [1.29, 1.82) is 0 Å². The maximum absolute atomic E-state index is 2.89. The average Bonchev–Trinajstić information content (AvgIpc) is 2.84. The van der Waals surface area contributed by atoms with Crippen LogP contribution in [0.25, 0.3) is 0 Å². The highest BCUT2D eigenvalue weighted by molar-refractivity contribution is 5.19. The van der Waals surface area contributed by atoms with Crippen LogP contribution in [0.5, 0.6) is 0 Å². The molecular formula is C24H44N2. The summed E-state index contributed by atoms with van der Waals surface area (Å²) in [6.45, 7) is 17.2. The van der Waals surface area contributed by atoms with Crippen LogP contribution >= 0.6 is 0 Å². The van der Waals surface area contributed by atoms with Gasteiger partial charge in [0.25, 0.3) is 0 Å². The summed E-state index contributed by atoms with van der Waals surface area (Å²) < 4.78 is 0. The molecule has 0 N–H and O–H groups in total. The number of rotatable bonds is 7. The van der Waals surface area contributed by atoms with Crippen molar-refractivity contribution >= 4 is 0 Å². The zero-order valence-corrected chi connectivity index (χ0v) is 18.4. The van der Waals surface area contributed by atoms with Gasteiger partial charge in [0, 0.05) is 30.7 Å². The Morgan fingerprint density at radius 3 is 2.46 bits per heavy atom. The minimum absolute atomic E-state index is 0.720. The SMILES string of the molecule is CC(CC1CCCN(C(C)C)C1)CC(C)N1C2C=C(C(C)C)CC1CC2. The Labute approximate surface area is 163 Å². The molecular weight excluding hydrogens is 316 g/mol. The molecule has 2 fully saturated rings. The molecule has 0 aliphatic carbocycles. The smallest absolute Gasteiger partial charge is 0.0287 e. The normalized spacial score (nSPS) is 32.9. The first kappa shape index (κ1) is 20.4. The fourth-order valence-electron chi connectivity index (χ4n) is 6.14. The molecule has 0 aromatic carbocycles. The fraction of sp³-hybridized carbons (Fsp3) is 0.917. The van der Waals surface area contributed by atoms with E-state index < -0.39 is 0 Å². The average molecular weight is 361 g/mol. The fourth-order valence-corrected chi connectivity index (χ4v) is 6.14. The van der Waals surface area contributed by atoms with Gasteiger partial charge in [-0.15, -0.1) is 0 Å². The summed E-state index contributed by atoms with van der Waals surface area (Å²) in [7, 11) is 0. The summed E-state index contributed by atoms with van der Waals surface area (Å²) in [5, 5.41) is 0. The van der Waals surface area contributed by atoms with Gasteiger partial charge in [0.2, 0.25) is 0 Å². The number of fused-ring (bicyclic) bond motifs is 2. The Hall–Kier alpha value is -0.340. The van der Waals surface area contributed by atoms with Gasteiger partial charge in [-0.1, -0.05) is 32.4 Å². The monoisotopic (exact) mass is 360 g/mol. The largest absolute Gasteiger partial charge is 0.301 e. The molecule has 0 radical (unpaired) electrons. The second-order valence-electron chi connectivity index (χ2n) is 10.4. The van der Waals surface area contributed by atoms with E-state index in [2.05, 4.69) is 57.4 Å². The minimum Gasteiger partial charge on any atom is -0.301 e. The third-order valence-electron chi connectivity index (χ3n) is 7.49. The lowest BCUT2D eigenvalue weighted by Crippen LogP contribution is -2.45. The van der Waals surface area contributed by atoms with Gasteiger partial charge in [0.05, 0.1) is 0 Å². The van der Waals surface area contributed by atoms with Gasteiger partial charge in [0.1, 0.15) is 0 Å². The first-order valence-electron chi connectivity index (χ1n) is 11.6. The summed E-state index contributed by atoms with van der Waals surface area (Å²) >= 11 is 0. The topological polar surface area (TPSA) is 6.48 Å². The molecule has 2 bridgehead atoms. The van der Waals surface area contributed by atoms with Crippen molar-refractivity contribution in [2.75, 3.05) is 13.1 Å². The Morgan fingerprint density at radius 2 is 1.81 bits per heavy atom. The molecule has 0 saturated carbocycles. The van der Waals surface area contributed by atoms with Crippen LogP contribution in [0.15, 0.2) is 11.6 Å². The van der Waals surface area contributed by atoms with Gasteiger partial charge in [-0.25, -0.2) is 0 Å². The van der Waals surface area contributed by atoms with E-state index in [1.165, 1.54) is 58.0 Å². The van der Waals surface area contributed by atoms with E-state index in [-0.39, 0.29) is 0 Å². The van der Waals surface area contributed by atoms with Crippen molar-refractivity contribution < 1.29 is 0 Å². The van der Waals surface area contributed by atoms with Crippen LogP contribution in [0.2, 0.25) is 0 Å². The summed E-state index contributed by atoms with van der Waals surface area (Å²) in [5.41, 5.74) is 1.73. The van der Waals surface area contributed by atoms with Gasteiger partial charge in [0.15, 0.2) is 0 Å². The maximum Gasteiger partial charge on any atom is 0.0287 e. The summed E-state index contributed by atoms with van der Waals surface area (Å²) in [4.78, 5) is 5.59. The van der Waals surface area contributed by atoms with E-state index in [9.17, 15) is 0 Å². The quantitative estimate of drug-likeness (QED) is 0.535. The second kappa shape index (κ2) is 8.78. The minimum atomic E-state index is 0.720. The van der Waals surface area contributed by atoms with Crippen molar-refractivity contribution in [3.8, 4) is 0 Å². The summed E-state index contributed by atoms with van der Waals surface area (Å²) in [6.07, 6.45) is 12.5. The molecule has 0 amide bonds. The Morgan fingerprint density at radius 1 is 1.04 bits per heavy atom. The first-order chi connectivity index (χ1) is 12.3. The van der Waals surface area contributed by atoms with E-state index >= 15 is 0 Å². The number of nitrogens with zero attached hydrogens (tertiary/aromatic N) is 2. The molecule has 3 heterocycles. The molecule has 150 valence electrons. The van der Waals surface area contributed by atoms with Gasteiger partial charge in [-0.05, 0) is 90.0 Å². The van der Waals surface area contributed by atoms with Crippen LogP contribution in [0.1, 0.15) is 86.5 Å². The molecule has 2 heteroatoms. The highest BCUT2D eigenvalue weighted by atomic mass is 15.2. The van der Waals surface area contributed by atoms with Crippen LogP contribution in [-0.4, -0.2) is 47.1 Å². The standard InChI is InChI=1S/C24H44N2/c1-17(2)22-14-23-9-10-24(15-22)26(23)20(6)12-19(5)13-21-8-7-11-25(16-21)18(3)4/h14,17-21,23-24H,7-13,15-16H2,1-6H3. The second-order valence-corrected chi connectivity index (χ2v) is 10.4. The Balaban J connectivity index is 1.51. The maximum atomic E-state index is 2.89. The van der Waals surface area contributed by atoms with Gasteiger partial charge in [-0.2, -0.15) is 0 Å². The van der Waals surface area contributed by atoms with E-state index in [0.717, 1.165) is 41.9 Å². The number of hydrogen-bond acceptors (Lipinski definition) is 2. The molecule has 5 unspecified atom stereocenters. The molecule has 0 spiro atoms. The summed E-state index contributed by atoms with van der Waals surface area (Å²) in [5.74, 6) is 2.53. The van der Waals surface area contributed by atoms with Crippen molar-refractivity contribution in [1.82, 2.24) is 9.80 Å². The van der Waals surface area contributed by atoms with Crippen LogP contribution in [0.4, 0.5) is 0 Å². The van der Waals surface area contributed by atoms with E-state index in [1.54, 1.807) is 5.57 Å². The zero-order chi connectivity index (χ0) is 18.8. The van der Waals surface area contributed by atoms with Crippen molar-refractivity contribution in [2.45, 2.75) is 111 Å². The van der Waals surface area contributed by atoms with Crippen LogP contribution in [0.3, 0.4) is 0 Å². The van der Waals surface area contributed by atoms with Crippen LogP contribution in [-0.2, 0) is 0 Å². The molecule has 0 aromatic rings. The number of piperidine rings is 1.